The first-order valence-corrected chi connectivity index (χ1v) is 6.60. The number of rotatable bonds is 4. The van der Waals surface area contributed by atoms with Gasteiger partial charge in [0.2, 0.25) is 5.91 Å². The first kappa shape index (κ1) is 12.2. The standard InChI is InChI=1S/C15H21NO/c1-3-11(4-2)13-10-14(17)16-15(13)12-8-6-5-7-9-12/h5-9,11,13,15H,3-4,10H2,1-2H3,(H,16,17). The Morgan fingerprint density at radius 3 is 2.47 bits per heavy atom. The number of benzene rings is 1. The van der Waals surface area contributed by atoms with E-state index in [2.05, 4.69) is 31.3 Å². The Balaban J connectivity index is 2.22. The van der Waals surface area contributed by atoms with E-state index in [4.69, 9.17) is 0 Å². The highest BCUT2D eigenvalue weighted by Gasteiger charge is 2.36. The second kappa shape index (κ2) is 5.35. The lowest BCUT2D eigenvalue weighted by Gasteiger charge is -2.26. The van der Waals surface area contributed by atoms with Gasteiger partial charge in [0, 0.05) is 6.42 Å². The minimum Gasteiger partial charge on any atom is -0.349 e. The Bertz CT molecular complexity index is 370. The third-order valence-electron chi connectivity index (χ3n) is 3.98. The Kier molecular flexibility index (Phi) is 3.82. The SMILES string of the molecule is CCC(CC)C1CC(=O)NC1c1ccccc1. The van der Waals surface area contributed by atoms with Crippen molar-refractivity contribution >= 4 is 5.91 Å². The summed E-state index contributed by atoms with van der Waals surface area (Å²) in [4.78, 5) is 11.7. The summed E-state index contributed by atoms with van der Waals surface area (Å²) in [6, 6.07) is 10.6. The fourth-order valence-corrected chi connectivity index (χ4v) is 3.00. The van der Waals surface area contributed by atoms with E-state index in [-0.39, 0.29) is 11.9 Å². The summed E-state index contributed by atoms with van der Waals surface area (Å²) in [5, 5.41) is 3.13. The first-order valence-electron chi connectivity index (χ1n) is 6.60. The number of amides is 1. The van der Waals surface area contributed by atoms with Crippen LogP contribution >= 0.6 is 0 Å². The van der Waals surface area contributed by atoms with E-state index in [0.717, 1.165) is 12.8 Å². The summed E-state index contributed by atoms with van der Waals surface area (Å²) in [6.45, 7) is 4.44. The van der Waals surface area contributed by atoms with Crippen LogP contribution in [-0.2, 0) is 4.79 Å². The van der Waals surface area contributed by atoms with E-state index in [0.29, 0.717) is 18.3 Å². The van der Waals surface area contributed by atoms with Crippen LogP contribution in [0.2, 0.25) is 0 Å². The van der Waals surface area contributed by atoms with Crippen molar-refractivity contribution in [1.82, 2.24) is 5.32 Å². The molecule has 0 bridgehead atoms. The van der Waals surface area contributed by atoms with Gasteiger partial charge < -0.3 is 5.32 Å². The molecular weight excluding hydrogens is 210 g/mol. The summed E-state index contributed by atoms with van der Waals surface area (Å²) in [7, 11) is 0. The minimum atomic E-state index is 0.204. The van der Waals surface area contributed by atoms with Crippen LogP contribution in [0.5, 0.6) is 0 Å². The maximum absolute atomic E-state index is 11.7. The van der Waals surface area contributed by atoms with Crippen LogP contribution in [0, 0.1) is 11.8 Å². The number of hydrogen-bond acceptors (Lipinski definition) is 1. The molecule has 0 aromatic heterocycles. The van der Waals surface area contributed by atoms with Crippen LogP contribution in [0.1, 0.15) is 44.7 Å². The highest BCUT2D eigenvalue weighted by Crippen LogP contribution is 2.38. The minimum absolute atomic E-state index is 0.204. The molecule has 92 valence electrons. The molecule has 2 unspecified atom stereocenters. The predicted octanol–water partition coefficient (Wildman–Crippen LogP) is 3.30. The average molecular weight is 231 g/mol. The number of nitrogens with one attached hydrogen (secondary N) is 1. The lowest BCUT2D eigenvalue weighted by atomic mass is 9.80. The molecule has 1 aromatic rings. The smallest absolute Gasteiger partial charge is 0.220 e. The molecule has 1 N–H and O–H groups in total. The Hall–Kier alpha value is -1.31. The topological polar surface area (TPSA) is 29.1 Å². The summed E-state index contributed by atoms with van der Waals surface area (Å²) < 4.78 is 0. The molecule has 1 aromatic carbocycles. The lowest BCUT2D eigenvalue weighted by Crippen LogP contribution is -2.24. The van der Waals surface area contributed by atoms with Crippen molar-refractivity contribution < 1.29 is 4.79 Å². The second-order valence-corrected chi connectivity index (χ2v) is 4.90. The quantitative estimate of drug-likeness (QED) is 0.846. The zero-order valence-corrected chi connectivity index (χ0v) is 10.6. The second-order valence-electron chi connectivity index (χ2n) is 4.90. The molecule has 0 spiro atoms. The average Bonchev–Trinajstić information content (AvgIpc) is 2.74. The number of carbonyl (C=O) groups is 1. The largest absolute Gasteiger partial charge is 0.349 e. The monoisotopic (exact) mass is 231 g/mol. The third-order valence-corrected chi connectivity index (χ3v) is 3.98. The molecule has 1 amide bonds. The van der Waals surface area contributed by atoms with Gasteiger partial charge in [-0.05, 0) is 17.4 Å². The van der Waals surface area contributed by atoms with Gasteiger partial charge >= 0.3 is 0 Å². The van der Waals surface area contributed by atoms with Gasteiger partial charge in [-0.3, -0.25) is 4.79 Å². The highest BCUT2D eigenvalue weighted by atomic mass is 16.2. The molecule has 0 saturated carbocycles. The van der Waals surface area contributed by atoms with Gasteiger partial charge in [0.25, 0.3) is 0 Å². The van der Waals surface area contributed by atoms with Crippen molar-refractivity contribution in [3.63, 3.8) is 0 Å². The van der Waals surface area contributed by atoms with Crippen LogP contribution in [0.4, 0.5) is 0 Å². The molecular formula is C15H21NO. The number of hydrogen-bond donors (Lipinski definition) is 1. The lowest BCUT2D eigenvalue weighted by molar-refractivity contribution is -0.119. The number of carbonyl (C=O) groups excluding carboxylic acids is 1. The molecule has 1 saturated heterocycles. The normalized spacial score (nSPS) is 24.1. The Morgan fingerprint density at radius 1 is 1.24 bits per heavy atom. The maximum Gasteiger partial charge on any atom is 0.220 e. The van der Waals surface area contributed by atoms with Gasteiger partial charge in [-0.15, -0.1) is 0 Å². The zero-order valence-electron chi connectivity index (χ0n) is 10.6. The van der Waals surface area contributed by atoms with Gasteiger partial charge in [0.1, 0.15) is 0 Å². The summed E-state index contributed by atoms with van der Waals surface area (Å²) in [5.74, 6) is 1.30. The van der Waals surface area contributed by atoms with Crippen LogP contribution in [0.3, 0.4) is 0 Å². The Morgan fingerprint density at radius 2 is 1.88 bits per heavy atom. The third kappa shape index (κ3) is 2.51. The highest BCUT2D eigenvalue weighted by molar-refractivity contribution is 5.79. The van der Waals surface area contributed by atoms with E-state index in [9.17, 15) is 4.79 Å². The van der Waals surface area contributed by atoms with E-state index < -0.39 is 0 Å². The molecule has 2 heteroatoms. The molecule has 0 radical (unpaired) electrons. The molecule has 0 aliphatic carbocycles. The van der Waals surface area contributed by atoms with Crippen molar-refractivity contribution in [1.29, 1.82) is 0 Å². The molecule has 17 heavy (non-hydrogen) atoms. The first-order chi connectivity index (χ1) is 8.26. The van der Waals surface area contributed by atoms with E-state index in [1.54, 1.807) is 0 Å². The predicted molar refractivity (Wildman–Crippen MR) is 69.5 cm³/mol. The fourth-order valence-electron chi connectivity index (χ4n) is 3.00. The van der Waals surface area contributed by atoms with Crippen LogP contribution in [0.25, 0.3) is 0 Å². The molecule has 1 heterocycles. The van der Waals surface area contributed by atoms with Crippen molar-refractivity contribution in [2.24, 2.45) is 11.8 Å². The van der Waals surface area contributed by atoms with Gasteiger partial charge in [-0.2, -0.15) is 0 Å². The zero-order chi connectivity index (χ0) is 12.3. The molecule has 1 fully saturated rings. The maximum atomic E-state index is 11.7. The molecule has 2 atom stereocenters. The van der Waals surface area contributed by atoms with Gasteiger partial charge in [-0.1, -0.05) is 57.0 Å². The molecule has 1 aliphatic heterocycles. The van der Waals surface area contributed by atoms with E-state index in [1.807, 2.05) is 18.2 Å². The Labute approximate surface area is 103 Å². The van der Waals surface area contributed by atoms with Crippen LogP contribution in [0.15, 0.2) is 30.3 Å². The van der Waals surface area contributed by atoms with Gasteiger partial charge in [-0.25, -0.2) is 0 Å². The van der Waals surface area contributed by atoms with Crippen LogP contribution in [-0.4, -0.2) is 5.91 Å². The summed E-state index contributed by atoms with van der Waals surface area (Å²) in [6.07, 6.45) is 2.99. The van der Waals surface area contributed by atoms with Crippen molar-refractivity contribution in [3.05, 3.63) is 35.9 Å². The van der Waals surface area contributed by atoms with E-state index >= 15 is 0 Å². The van der Waals surface area contributed by atoms with Crippen molar-refractivity contribution in [3.8, 4) is 0 Å². The summed E-state index contributed by atoms with van der Waals surface area (Å²) >= 11 is 0. The van der Waals surface area contributed by atoms with Crippen molar-refractivity contribution in [2.45, 2.75) is 39.2 Å². The van der Waals surface area contributed by atoms with Gasteiger partial charge in [0.05, 0.1) is 6.04 Å². The summed E-state index contributed by atoms with van der Waals surface area (Å²) in [5.41, 5.74) is 1.25. The molecule has 1 aliphatic rings. The fraction of sp³-hybridized carbons (Fsp3) is 0.533. The van der Waals surface area contributed by atoms with E-state index in [1.165, 1.54) is 5.56 Å². The molecule has 2 nitrogen and oxygen atoms in total. The van der Waals surface area contributed by atoms with Gasteiger partial charge in [0.15, 0.2) is 0 Å². The molecule has 2 rings (SSSR count). The van der Waals surface area contributed by atoms with Crippen molar-refractivity contribution in [2.75, 3.05) is 0 Å². The van der Waals surface area contributed by atoms with Crippen LogP contribution < -0.4 is 5.32 Å².